The molecule has 1 aromatic carbocycles. The average molecular weight is 401 g/mol. The third-order valence-electron chi connectivity index (χ3n) is 4.50. The molecule has 0 saturated carbocycles. The molecule has 0 aliphatic heterocycles. The van der Waals surface area contributed by atoms with Crippen LogP contribution in [0.4, 0.5) is 5.82 Å². The number of anilines is 1. The first-order chi connectivity index (χ1) is 14.2. The lowest BCUT2D eigenvalue weighted by atomic mass is 10.2. The number of aromatic nitrogens is 6. The van der Waals surface area contributed by atoms with Crippen LogP contribution in [-0.2, 0) is 0 Å². The molecule has 0 unspecified atom stereocenters. The molecule has 0 spiro atoms. The number of nitrogens with one attached hydrogen (secondary N) is 1. The fourth-order valence-corrected chi connectivity index (χ4v) is 4.04. The summed E-state index contributed by atoms with van der Waals surface area (Å²) >= 11 is 1.35. The second kappa shape index (κ2) is 6.95. The van der Waals surface area contributed by atoms with Gasteiger partial charge in [0.25, 0.3) is 5.91 Å². The smallest absolute Gasteiger partial charge is 0.268 e. The molecular formula is C20H15N7OS. The number of imidazole rings is 2. The summed E-state index contributed by atoms with van der Waals surface area (Å²) in [6, 6.07) is 11.7. The van der Waals surface area contributed by atoms with Gasteiger partial charge in [-0.05, 0) is 6.92 Å². The third kappa shape index (κ3) is 3.17. The Morgan fingerprint density at radius 1 is 1.17 bits per heavy atom. The van der Waals surface area contributed by atoms with Gasteiger partial charge in [0.1, 0.15) is 29.2 Å². The van der Waals surface area contributed by atoms with Gasteiger partial charge >= 0.3 is 0 Å². The minimum absolute atomic E-state index is 0.227. The van der Waals surface area contributed by atoms with Gasteiger partial charge in [-0.25, -0.2) is 19.9 Å². The van der Waals surface area contributed by atoms with E-state index in [-0.39, 0.29) is 5.91 Å². The summed E-state index contributed by atoms with van der Waals surface area (Å²) in [5, 5.41) is 2.84. The lowest BCUT2D eigenvalue weighted by Gasteiger charge is -2.06. The van der Waals surface area contributed by atoms with Gasteiger partial charge < -0.3 is 5.32 Å². The minimum atomic E-state index is -0.227. The van der Waals surface area contributed by atoms with Crippen molar-refractivity contribution < 1.29 is 4.79 Å². The number of nitrogens with zero attached hydrogens (tertiary/aromatic N) is 6. The van der Waals surface area contributed by atoms with E-state index < -0.39 is 0 Å². The topological polar surface area (TPSA) is 90.0 Å². The second-order valence-electron chi connectivity index (χ2n) is 6.35. The number of aryl methyl sites for hydroxylation is 1. The molecular weight excluding hydrogens is 386 g/mol. The van der Waals surface area contributed by atoms with E-state index in [1.807, 2.05) is 47.9 Å². The maximum atomic E-state index is 12.8. The Morgan fingerprint density at radius 2 is 2.03 bits per heavy atom. The quantitative estimate of drug-likeness (QED) is 0.497. The summed E-state index contributed by atoms with van der Waals surface area (Å²) in [4.78, 5) is 31.2. The summed E-state index contributed by atoms with van der Waals surface area (Å²) in [5.41, 5.74) is 2.76. The zero-order valence-electron chi connectivity index (χ0n) is 15.4. The van der Waals surface area contributed by atoms with Crippen molar-refractivity contribution in [2.24, 2.45) is 0 Å². The lowest BCUT2D eigenvalue weighted by molar-refractivity contribution is 0.102. The number of carbonyl (C=O) groups is 1. The van der Waals surface area contributed by atoms with E-state index in [1.165, 1.54) is 17.7 Å². The Balaban J connectivity index is 1.42. The van der Waals surface area contributed by atoms with Gasteiger partial charge in [0, 0.05) is 35.9 Å². The molecule has 0 aliphatic carbocycles. The molecule has 5 aromatic rings. The van der Waals surface area contributed by atoms with Crippen LogP contribution in [0.25, 0.3) is 22.0 Å². The van der Waals surface area contributed by atoms with Gasteiger partial charge in [0.15, 0.2) is 4.96 Å². The Bertz CT molecular complexity index is 1310. The van der Waals surface area contributed by atoms with Crippen molar-refractivity contribution >= 4 is 28.0 Å². The minimum Gasteiger partial charge on any atom is -0.306 e. The first kappa shape index (κ1) is 17.3. The predicted molar refractivity (Wildman–Crippen MR) is 110 cm³/mol. The summed E-state index contributed by atoms with van der Waals surface area (Å²) in [7, 11) is 0. The molecule has 29 heavy (non-hydrogen) atoms. The van der Waals surface area contributed by atoms with E-state index in [4.69, 9.17) is 0 Å². The van der Waals surface area contributed by atoms with Crippen LogP contribution in [0, 0.1) is 6.92 Å². The zero-order valence-corrected chi connectivity index (χ0v) is 16.2. The first-order valence-electron chi connectivity index (χ1n) is 8.85. The van der Waals surface area contributed by atoms with Gasteiger partial charge in [-0.2, -0.15) is 0 Å². The fraction of sp³-hybridized carbons (Fsp3) is 0.0500. The third-order valence-corrected chi connectivity index (χ3v) is 5.65. The Labute approximate surface area is 169 Å². The standard InChI is InChI=1S/C20H15N7OS/c1-13-18(29-20-24-15(10-27(13)20)14-5-3-2-4-6-14)19(28)25-16-9-17(23-11-22-16)26-8-7-21-12-26/h2-12H,1H3,(H,22,23,25,28). The molecule has 1 N–H and O–H groups in total. The molecule has 8 nitrogen and oxygen atoms in total. The normalized spacial score (nSPS) is 11.1. The molecule has 5 rings (SSSR count). The monoisotopic (exact) mass is 401 g/mol. The van der Waals surface area contributed by atoms with Crippen molar-refractivity contribution in [3.8, 4) is 17.1 Å². The fourth-order valence-electron chi connectivity index (χ4n) is 3.03. The van der Waals surface area contributed by atoms with Gasteiger partial charge in [0.05, 0.1) is 5.69 Å². The van der Waals surface area contributed by atoms with E-state index in [9.17, 15) is 4.79 Å². The highest BCUT2D eigenvalue weighted by atomic mass is 32.1. The Kier molecular flexibility index (Phi) is 4.14. The first-order valence-corrected chi connectivity index (χ1v) is 9.66. The van der Waals surface area contributed by atoms with Gasteiger partial charge in [-0.1, -0.05) is 41.7 Å². The predicted octanol–water partition coefficient (Wildman–Crippen LogP) is 3.60. The van der Waals surface area contributed by atoms with E-state index in [0.29, 0.717) is 16.5 Å². The average Bonchev–Trinajstić information content (AvgIpc) is 3.47. The number of hydrogen-bond acceptors (Lipinski definition) is 6. The molecule has 0 radical (unpaired) electrons. The maximum absolute atomic E-state index is 12.8. The van der Waals surface area contributed by atoms with Crippen LogP contribution >= 0.6 is 11.3 Å². The van der Waals surface area contributed by atoms with Crippen molar-refractivity contribution in [1.29, 1.82) is 0 Å². The van der Waals surface area contributed by atoms with Crippen LogP contribution in [0.5, 0.6) is 0 Å². The zero-order chi connectivity index (χ0) is 19.8. The molecule has 0 aliphatic rings. The Morgan fingerprint density at radius 3 is 2.79 bits per heavy atom. The van der Waals surface area contributed by atoms with Crippen LogP contribution in [-0.4, -0.2) is 34.8 Å². The summed E-state index contributed by atoms with van der Waals surface area (Å²) < 4.78 is 3.69. The van der Waals surface area contributed by atoms with E-state index in [1.54, 1.807) is 29.4 Å². The molecule has 0 atom stereocenters. The van der Waals surface area contributed by atoms with Crippen molar-refractivity contribution in [3.05, 3.63) is 78.2 Å². The number of fused-ring (bicyclic) bond motifs is 1. The van der Waals surface area contributed by atoms with Gasteiger partial charge in [0.2, 0.25) is 0 Å². The summed E-state index contributed by atoms with van der Waals surface area (Å²) in [6.07, 6.45) is 8.43. The van der Waals surface area contributed by atoms with Crippen molar-refractivity contribution in [1.82, 2.24) is 28.9 Å². The second-order valence-corrected chi connectivity index (χ2v) is 7.32. The van der Waals surface area contributed by atoms with Crippen LogP contribution in [0.3, 0.4) is 0 Å². The number of benzene rings is 1. The Hall–Kier alpha value is -3.85. The van der Waals surface area contributed by atoms with Crippen molar-refractivity contribution in [3.63, 3.8) is 0 Å². The van der Waals surface area contributed by atoms with E-state index in [0.717, 1.165) is 21.9 Å². The highest BCUT2D eigenvalue weighted by molar-refractivity contribution is 7.19. The number of thiazole rings is 1. The number of rotatable bonds is 4. The molecule has 4 heterocycles. The van der Waals surface area contributed by atoms with Crippen LogP contribution in [0.2, 0.25) is 0 Å². The van der Waals surface area contributed by atoms with Crippen molar-refractivity contribution in [2.75, 3.05) is 5.32 Å². The molecule has 0 fully saturated rings. The number of carbonyl (C=O) groups excluding carboxylic acids is 1. The largest absolute Gasteiger partial charge is 0.306 e. The van der Waals surface area contributed by atoms with Gasteiger partial charge in [-0.15, -0.1) is 0 Å². The molecule has 4 aromatic heterocycles. The SMILES string of the molecule is Cc1c(C(=O)Nc2cc(-n3ccnc3)ncn2)sc2nc(-c3ccccc3)cn12. The van der Waals surface area contributed by atoms with Crippen LogP contribution in [0.15, 0.2) is 67.6 Å². The highest BCUT2D eigenvalue weighted by Crippen LogP contribution is 2.27. The van der Waals surface area contributed by atoms with Crippen LogP contribution < -0.4 is 5.32 Å². The van der Waals surface area contributed by atoms with Crippen molar-refractivity contribution in [2.45, 2.75) is 6.92 Å². The van der Waals surface area contributed by atoms with E-state index in [2.05, 4.69) is 25.3 Å². The summed E-state index contributed by atoms with van der Waals surface area (Å²) in [5.74, 6) is 0.816. The number of amides is 1. The summed E-state index contributed by atoms with van der Waals surface area (Å²) in [6.45, 7) is 1.91. The molecule has 1 amide bonds. The molecule has 0 bridgehead atoms. The maximum Gasteiger partial charge on any atom is 0.268 e. The van der Waals surface area contributed by atoms with Gasteiger partial charge in [-0.3, -0.25) is 13.8 Å². The lowest BCUT2D eigenvalue weighted by Crippen LogP contribution is -2.13. The molecule has 9 heteroatoms. The molecule has 0 saturated heterocycles. The van der Waals surface area contributed by atoms with Crippen LogP contribution in [0.1, 0.15) is 15.4 Å². The molecule has 142 valence electrons. The van der Waals surface area contributed by atoms with E-state index >= 15 is 0 Å². The number of hydrogen-bond donors (Lipinski definition) is 1. The highest BCUT2D eigenvalue weighted by Gasteiger charge is 2.19.